The van der Waals surface area contributed by atoms with Crippen molar-refractivity contribution >= 4 is 39.1 Å². The molecule has 0 aliphatic heterocycles. The summed E-state index contributed by atoms with van der Waals surface area (Å²) in [5.74, 6) is 0.785. The largest absolute Gasteiger partial charge is 0.493 e. The predicted molar refractivity (Wildman–Crippen MR) is 122 cm³/mol. The summed E-state index contributed by atoms with van der Waals surface area (Å²) in [5.41, 5.74) is 2.22. The second-order valence-corrected chi connectivity index (χ2v) is 8.00. The van der Waals surface area contributed by atoms with Crippen LogP contribution < -0.4 is 19.0 Å². The van der Waals surface area contributed by atoms with Gasteiger partial charge in [0, 0.05) is 23.7 Å². The van der Waals surface area contributed by atoms with E-state index < -0.39 is 5.91 Å². The maximum absolute atomic E-state index is 13.1. The Balaban J connectivity index is 2.14. The maximum atomic E-state index is 13.1. The first-order valence-electron chi connectivity index (χ1n) is 9.70. The number of benzene rings is 2. The van der Waals surface area contributed by atoms with Gasteiger partial charge in [0.1, 0.15) is 0 Å². The van der Waals surface area contributed by atoms with E-state index in [0.717, 1.165) is 15.8 Å². The summed E-state index contributed by atoms with van der Waals surface area (Å²) in [6, 6.07) is 6.98. The van der Waals surface area contributed by atoms with Crippen LogP contribution in [-0.2, 0) is 11.3 Å². The number of thiazole rings is 1. The van der Waals surface area contributed by atoms with Crippen LogP contribution in [-0.4, -0.2) is 45.0 Å². The minimum atomic E-state index is -0.417. The van der Waals surface area contributed by atoms with E-state index in [1.54, 1.807) is 12.1 Å². The molecule has 3 aromatic rings. The van der Waals surface area contributed by atoms with Crippen molar-refractivity contribution in [3.05, 3.63) is 45.2 Å². The number of methoxy groups -OCH3 is 3. The highest BCUT2D eigenvalue weighted by Crippen LogP contribution is 2.38. The molecule has 1 amide bonds. The first-order chi connectivity index (χ1) is 14.9. The zero-order chi connectivity index (χ0) is 22.5. The molecule has 0 N–H and O–H groups in total. The number of rotatable bonds is 8. The SMILES string of the molecule is CCOCCn1c(=NC(=O)c2cc(OC)c(OC)c(OC)c2)sc2ccc(Cl)c(C)c21. The molecule has 0 unspecified atom stereocenters. The van der Waals surface area contributed by atoms with E-state index in [1.165, 1.54) is 32.7 Å². The van der Waals surface area contributed by atoms with Crippen molar-refractivity contribution in [2.75, 3.05) is 34.5 Å². The summed E-state index contributed by atoms with van der Waals surface area (Å²) in [7, 11) is 4.52. The molecule has 0 radical (unpaired) electrons. The van der Waals surface area contributed by atoms with E-state index in [9.17, 15) is 4.79 Å². The number of nitrogens with zero attached hydrogens (tertiary/aromatic N) is 2. The lowest BCUT2D eigenvalue weighted by molar-refractivity contribution is 0.0996. The smallest absolute Gasteiger partial charge is 0.279 e. The average molecular weight is 465 g/mol. The minimum Gasteiger partial charge on any atom is -0.493 e. The van der Waals surface area contributed by atoms with Gasteiger partial charge in [-0.25, -0.2) is 0 Å². The molecule has 0 spiro atoms. The fourth-order valence-corrected chi connectivity index (χ4v) is 4.53. The molecule has 3 rings (SSSR count). The summed E-state index contributed by atoms with van der Waals surface area (Å²) in [6.45, 7) is 5.56. The van der Waals surface area contributed by atoms with Gasteiger partial charge in [0.25, 0.3) is 5.91 Å². The first-order valence-corrected chi connectivity index (χ1v) is 10.9. The van der Waals surface area contributed by atoms with Crippen LogP contribution in [0.4, 0.5) is 0 Å². The van der Waals surface area contributed by atoms with Crippen LogP contribution in [0, 0.1) is 6.92 Å². The Morgan fingerprint density at radius 3 is 2.39 bits per heavy atom. The van der Waals surface area contributed by atoms with E-state index in [2.05, 4.69) is 4.99 Å². The average Bonchev–Trinajstić information content (AvgIpc) is 3.12. The van der Waals surface area contributed by atoms with E-state index in [4.69, 9.17) is 30.5 Å². The lowest BCUT2D eigenvalue weighted by atomic mass is 10.1. The van der Waals surface area contributed by atoms with Gasteiger partial charge in [-0.1, -0.05) is 22.9 Å². The molecule has 7 nitrogen and oxygen atoms in total. The molecule has 0 bridgehead atoms. The van der Waals surface area contributed by atoms with Crippen molar-refractivity contribution in [1.82, 2.24) is 4.57 Å². The Morgan fingerprint density at radius 1 is 1.13 bits per heavy atom. The third-order valence-electron chi connectivity index (χ3n) is 4.80. The zero-order valence-corrected chi connectivity index (χ0v) is 19.7. The molecule has 2 aromatic carbocycles. The van der Waals surface area contributed by atoms with Crippen LogP contribution in [0.3, 0.4) is 0 Å². The number of aromatic nitrogens is 1. The number of aryl methyl sites for hydroxylation is 1. The number of carbonyl (C=O) groups is 1. The third kappa shape index (κ3) is 4.71. The summed E-state index contributed by atoms with van der Waals surface area (Å²) < 4.78 is 24.5. The highest BCUT2D eigenvalue weighted by Gasteiger charge is 2.18. The Kier molecular flexibility index (Phi) is 7.59. The fourth-order valence-electron chi connectivity index (χ4n) is 3.26. The highest BCUT2D eigenvalue weighted by molar-refractivity contribution is 7.16. The second-order valence-electron chi connectivity index (χ2n) is 6.58. The lowest BCUT2D eigenvalue weighted by Gasteiger charge is -2.13. The van der Waals surface area contributed by atoms with Gasteiger partial charge >= 0.3 is 0 Å². The van der Waals surface area contributed by atoms with Crippen molar-refractivity contribution < 1.29 is 23.7 Å². The van der Waals surface area contributed by atoms with Crippen molar-refractivity contribution in [1.29, 1.82) is 0 Å². The topological polar surface area (TPSA) is 71.3 Å². The van der Waals surface area contributed by atoms with Gasteiger partial charge in [-0.15, -0.1) is 0 Å². The monoisotopic (exact) mass is 464 g/mol. The molecule has 0 fully saturated rings. The van der Waals surface area contributed by atoms with E-state index in [-0.39, 0.29) is 0 Å². The predicted octanol–water partition coefficient (Wildman–Crippen LogP) is 4.47. The first kappa shape index (κ1) is 23.1. The number of amides is 1. The normalized spacial score (nSPS) is 11.7. The maximum Gasteiger partial charge on any atom is 0.279 e. The summed E-state index contributed by atoms with van der Waals surface area (Å²) >= 11 is 7.78. The van der Waals surface area contributed by atoms with Crippen LogP contribution in [0.15, 0.2) is 29.3 Å². The molecular formula is C22H25ClN2O5S. The molecule has 166 valence electrons. The number of hydrogen-bond donors (Lipinski definition) is 0. The van der Waals surface area contributed by atoms with Gasteiger partial charge in [0.2, 0.25) is 5.75 Å². The molecule has 0 saturated carbocycles. The molecule has 0 atom stereocenters. The standard InChI is InChI=1S/C22H25ClN2O5S/c1-6-30-10-9-25-19-13(2)15(23)7-8-18(19)31-22(25)24-21(26)14-11-16(27-3)20(29-5)17(12-14)28-4/h7-8,11-12H,6,9-10H2,1-5H3. The molecule has 1 aromatic heterocycles. The summed E-state index contributed by atoms with van der Waals surface area (Å²) in [4.78, 5) is 18.1. The molecular weight excluding hydrogens is 440 g/mol. The zero-order valence-electron chi connectivity index (χ0n) is 18.2. The number of carbonyl (C=O) groups excluding carboxylic acids is 1. The fraction of sp³-hybridized carbons (Fsp3) is 0.364. The third-order valence-corrected chi connectivity index (χ3v) is 6.26. The molecule has 0 saturated heterocycles. The Morgan fingerprint density at radius 2 is 1.81 bits per heavy atom. The lowest BCUT2D eigenvalue weighted by Crippen LogP contribution is -2.20. The van der Waals surface area contributed by atoms with Crippen LogP contribution in [0.1, 0.15) is 22.8 Å². The van der Waals surface area contributed by atoms with E-state index in [0.29, 0.717) is 52.4 Å². The van der Waals surface area contributed by atoms with Crippen LogP contribution in [0.5, 0.6) is 17.2 Å². The molecule has 0 aliphatic carbocycles. The van der Waals surface area contributed by atoms with Gasteiger partial charge < -0.3 is 23.5 Å². The Bertz CT molecular complexity index is 1140. The molecule has 1 heterocycles. The number of fused-ring (bicyclic) bond motifs is 1. The van der Waals surface area contributed by atoms with Crippen molar-refractivity contribution in [2.24, 2.45) is 4.99 Å². The second kappa shape index (κ2) is 10.2. The Hall–Kier alpha value is -2.55. The van der Waals surface area contributed by atoms with Crippen molar-refractivity contribution in [3.63, 3.8) is 0 Å². The Labute approximate surface area is 189 Å². The van der Waals surface area contributed by atoms with Crippen LogP contribution in [0.25, 0.3) is 10.2 Å². The minimum absolute atomic E-state index is 0.332. The highest BCUT2D eigenvalue weighted by atomic mass is 35.5. The van der Waals surface area contributed by atoms with Crippen LogP contribution in [0.2, 0.25) is 5.02 Å². The van der Waals surface area contributed by atoms with Gasteiger partial charge in [-0.3, -0.25) is 4.79 Å². The summed E-state index contributed by atoms with van der Waals surface area (Å²) in [5, 5.41) is 0.665. The van der Waals surface area contributed by atoms with Gasteiger partial charge in [0.15, 0.2) is 16.3 Å². The molecule has 9 heteroatoms. The van der Waals surface area contributed by atoms with Gasteiger partial charge in [-0.05, 0) is 43.7 Å². The van der Waals surface area contributed by atoms with Gasteiger partial charge in [0.05, 0.1) is 38.2 Å². The van der Waals surface area contributed by atoms with Crippen molar-refractivity contribution in [3.8, 4) is 17.2 Å². The molecule has 0 aliphatic rings. The van der Waals surface area contributed by atoms with E-state index >= 15 is 0 Å². The number of hydrogen-bond acceptors (Lipinski definition) is 6. The summed E-state index contributed by atoms with van der Waals surface area (Å²) in [6.07, 6.45) is 0. The van der Waals surface area contributed by atoms with Crippen LogP contribution >= 0.6 is 22.9 Å². The number of ether oxygens (including phenoxy) is 4. The molecule has 31 heavy (non-hydrogen) atoms. The van der Waals surface area contributed by atoms with E-state index in [1.807, 2.05) is 30.5 Å². The quantitative estimate of drug-likeness (QED) is 0.460. The number of halogens is 1. The van der Waals surface area contributed by atoms with Crippen molar-refractivity contribution in [2.45, 2.75) is 20.4 Å². The van der Waals surface area contributed by atoms with Gasteiger partial charge in [-0.2, -0.15) is 4.99 Å².